The van der Waals surface area contributed by atoms with E-state index < -0.39 is 23.0 Å². The summed E-state index contributed by atoms with van der Waals surface area (Å²) in [5.74, 6) is -1.79. The third kappa shape index (κ3) is 8.91. The Morgan fingerprint density at radius 3 is 2.26 bits per heavy atom. The van der Waals surface area contributed by atoms with Crippen LogP contribution < -0.4 is 16.0 Å². The van der Waals surface area contributed by atoms with Crippen LogP contribution in [0.1, 0.15) is 33.2 Å². The average molecular weight is 659 g/mol. The highest BCUT2D eigenvalue weighted by Crippen LogP contribution is 2.27. The van der Waals surface area contributed by atoms with Crippen LogP contribution in [-0.2, 0) is 14.3 Å². The van der Waals surface area contributed by atoms with Crippen LogP contribution in [0.25, 0.3) is 6.08 Å². The molecule has 3 N–H and O–H groups in total. The van der Waals surface area contributed by atoms with Crippen LogP contribution in [0.15, 0.2) is 118 Å². The topological polar surface area (TPSA) is 114 Å². The maximum absolute atomic E-state index is 13.4. The Balaban J connectivity index is 1.47. The number of methoxy groups -OCH3 is 1. The summed E-state index contributed by atoms with van der Waals surface area (Å²) in [6.45, 7) is 1.74. The van der Waals surface area contributed by atoms with Crippen LogP contribution in [0, 0.1) is 0 Å². The molecule has 218 valence electrons. The number of ether oxygens (including phenoxy) is 1. The van der Waals surface area contributed by atoms with Crippen molar-refractivity contribution in [1.29, 1.82) is 0 Å². The number of hydrogen-bond donors (Lipinski definition) is 3. The molecular weight excluding hydrogens is 630 g/mol. The number of esters is 1. The molecule has 0 saturated carbocycles. The number of rotatable bonds is 10. The summed E-state index contributed by atoms with van der Waals surface area (Å²) < 4.78 is 5.68. The number of carbonyl (C=O) groups excluding carboxylic acids is 4. The van der Waals surface area contributed by atoms with Gasteiger partial charge in [-0.3, -0.25) is 14.4 Å². The highest BCUT2D eigenvalue weighted by Gasteiger charge is 2.19. The Kier molecular flexibility index (Phi) is 10.9. The lowest BCUT2D eigenvalue weighted by Crippen LogP contribution is -2.30. The largest absolute Gasteiger partial charge is 0.465 e. The Morgan fingerprint density at radius 2 is 1.53 bits per heavy atom. The van der Waals surface area contributed by atoms with Crippen LogP contribution in [0.3, 0.4) is 0 Å². The molecule has 4 aromatic rings. The smallest absolute Gasteiger partial charge is 0.339 e. The van der Waals surface area contributed by atoms with Gasteiger partial charge in [0.25, 0.3) is 11.8 Å². The molecule has 43 heavy (non-hydrogen) atoms. The molecule has 0 aromatic heterocycles. The van der Waals surface area contributed by atoms with E-state index in [0.29, 0.717) is 16.9 Å². The molecule has 8 nitrogen and oxygen atoms in total. The first-order chi connectivity index (χ1) is 20.7. The number of nitrogens with one attached hydrogen (secondary N) is 3. The van der Waals surface area contributed by atoms with Crippen molar-refractivity contribution < 1.29 is 23.9 Å². The molecule has 0 heterocycles. The summed E-state index contributed by atoms with van der Waals surface area (Å²) in [4.78, 5) is 52.0. The van der Waals surface area contributed by atoms with Gasteiger partial charge in [-0.15, -0.1) is 11.8 Å². The number of carbonyl (C=O) groups is 4. The predicted octanol–water partition coefficient (Wildman–Crippen LogP) is 6.76. The number of thioether (sulfide) groups is 1. The van der Waals surface area contributed by atoms with Gasteiger partial charge in [-0.05, 0) is 73.2 Å². The van der Waals surface area contributed by atoms with E-state index in [2.05, 4.69) is 31.9 Å². The highest BCUT2D eigenvalue weighted by atomic mass is 79.9. The van der Waals surface area contributed by atoms with Gasteiger partial charge >= 0.3 is 5.97 Å². The molecule has 4 rings (SSSR count). The van der Waals surface area contributed by atoms with Gasteiger partial charge in [-0.25, -0.2) is 4.79 Å². The number of hydrogen-bond acceptors (Lipinski definition) is 6. The van der Waals surface area contributed by atoms with Crippen LogP contribution >= 0.6 is 27.7 Å². The summed E-state index contributed by atoms with van der Waals surface area (Å²) in [6, 6.07) is 29.6. The third-order valence-corrected chi connectivity index (χ3v) is 7.70. The van der Waals surface area contributed by atoms with Crippen molar-refractivity contribution >= 4 is 68.8 Å². The number of anilines is 2. The van der Waals surface area contributed by atoms with Crippen LogP contribution in [0.5, 0.6) is 0 Å². The van der Waals surface area contributed by atoms with E-state index in [9.17, 15) is 19.2 Å². The molecule has 0 saturated heterocycles. The summed E-state index contributed by atoms with van der Waals surface area (Å²) >= 11 is 4.69. The molecule has 1 unspecified atom stereocenters. The Labute approximate surface area is 262 Å². The van der Waals surface area contributed by atoms with Gasteiger partial charge in [0.2, 0.25) is 5.91 Å². The van der Waals surface area contributed by atoms with E-state index >= 15 is 0 Å². The molecule has 0 aliphatic carbocycles. The fraction of sp³-hybridized carbons (Fsp3) is 0.0909. The maximum atomic E-state index is 13.4. The number of para-hydroxylation sites is 1. The fourth-order valence-corrected chi connectivity index (χ4v) is 5.08. The zero-order valence-corrected chi connectivity index (χ0v) is 25.7. The molecule has 10 heteroatoms. The summed E-state index contributed by atoms with van der Waals surface area (Å²) in [6.07, 6.45) is 1.60. The average Bonchev–Trinajstić information content (AvgIpc) is 3.02. The van der Waals surface area contributed by atoms with Crippen molar-refractivity contribution in [3.63, 3.8) is 0 Å². The summed E-state index contributed by atoms with van der Waals surface area (Å²) in [5, 5.41) is 7.82. The number of halogens is 1. The lowest BCUT2D eigenvalue weighted by molar-refractivity contribution is -0.115. The van der Waals surface area contributed by atoms with Crippen LogP contribution in [0.2, 0.25) is 0 Å². The molecule has 3 amide bonds. The van der Waals surface area contributed by atoms with E-state index in [0.717, 1.165) is 14.9 Å². The standard InChI is InChI=1S/C33H28BrN3O5S/c1-21(30(38)36-28-14-7-6-13-27(28)33(41)42-2)43-26-12-8-11-25(20-26)35-32(40)29(19-22-15-17-24(34)18-16-22)37-31(39)23-9-4-3-5-10-23/h3-21H,1-2H3,(H,35,40)(H,36,38)(H,37,39)/b29-19+. The Hall–Kier alpha value is -4.67. The minimum Gasteiger partial charge on any atom is -0.465 e. The zero-order valence-electron chi connectivity index (χ0n) is 23.3. The quantitative estimate of drug-likeness (QED) is 0.0986. The Bertz CT molecular complexity index is 1660. The Morgan fingerprint density at radius 1 is 0.837 bits per heavy atom. The monoisotopic (exact) mass is 657 g/mol. The molecule has 0 aliphatic heterocycles. The fourth-order valence-electron chi connectivity index (χ4n) is 3.89. The molecule has 0 bridgehead atoms. The minimum absolute atomic E-state index is 0.0613. The lowest BCUT2D eigenvalue weighted by atomic mass is 10.1. The van der Waals surface area contributed by atoms with E-state index in [-0.39, 0.29) is 17.2 Å². The van der Waals surface area contributed by atoms with E-state index in [1.165, 1.54) is 18.9 Å². The van der Waals surface area contributed by atoms with Gasteiger partial charge in [-0.2, -0.15) is 0 Å². The van der Waals surface area contributed by atoms with Gasteiger partial charge < -0.3 is 20.7 Å². The van der Waals surface area contributed by atoms with E-state index in [4.69, 9.17) is 4.74 Å². The normalized spacial score (nSPS) is 11.7. The molecule has 4 aromatic carbocycles. The van der Waals surface area contributed by atoms with Crippen LogP contribution in [0.4, 0.5) is 11.4 Å². The number of benzene rings is 4. The summed E-state index contributed by atoms with van der Waals surface area (Å²) in [7, 11) is 1.28. The third-order valence-electron chi connectivity index (χ3n) is 6.07. The second-order valence-electron chi connectivity index (χ2n) is 9.20. The van der Waals surface area contributed by atoms with Gasteiger partial charge in [0.1, 0.15) is 5.70 Å². The van der Waals surface area contributed by atoms with Crippen molar-refractivity contribution in [2.24, 2.45) is 0 Å². The van der Waals surface area contributed by atoms with Gasteiger partial charge in [0, 0.05) is 20.6 Å². The van der Waals surface area contributed by atoms with Gasteiger partial charge in [0.05, 0.1) is 23.6 Å². The van der Waals surface area contributed by atoms with Crippen molar-refractivity contribution in [2.45, 2.75) is 17.1 Å². The van der Waals surface area contributed by atoms with Crippen molar-refractivity contribution in [1.82, 2.24) is 5.32 Å². The lowest BCUT2D eigenvalue weighted by Gasteiger charge is -2.15. The SMILES string of the molecule is COC(=O)c1ccccc1NC(=O)C(C)Sc1cccc(NC(=O)/C(=C\c2ccc(Br)cc2)NC(=O)c2ccccc2)c1. The maximum Gasteiger partial charge on any atom is 0.339 e. The predicted molar refractivity (Wildman–Crippen MR) is 173 cm³/mol. The van der Waals surface area contributed by atoms with Crippen molar-refractivity contribution in [3.05, 3.63) is 130 Å². The molecule has 0 aliphatic rings. The minimum atomic E-state index is -0.548. The highest BCUT2D eigenvalue weighted by molar-refractivity contribution is 9.10. The van der Waals surface area contributed by atoms with E-state index in [1.807, 2.05) is 30.3 Å². The van der Waals surface area contributed by atoms with Crippen LogP contribution in [-0.4, -0.2) is 36.1 Å². The summed E-state index contributed by atoms with van der Waals surface area (Å²) in [5.41, 5.74) is 2.29. The zero-order chi connectivity index (χ0) is 30.8. The van der Waals surface area contributed by atoms with Gasteiger partial charge in [-0.1, -0.05) is 64.5 Å². The molecule has 1 atom stereocenters. The second kappa shape index (κ2) is 15.0. The first-order valence-electron chi connectivity index (χ1n) is 13.1. The van der Waals surface area contributed by atoms with Crippen molar-refractivity contribution in [2.75, 3.05) is 17.7 Å². The van der Waals surface area contributed by atoms with Gasteiger partial charge in [0.15, 0.2) is 0 Å². The second-order valence-corrected chi connectivity index (χ2v) is 11.5. The molecular formula is C33H28BrN3O5S. The first-order valence-corrected chi connectivity index (χ1v) is 14.8. The number of amides is 3. The molecule has 0 spiro atoms. The molecule has 0 fully saturated rings. The molecule has 0 radical (unpaired) electrons. The first kappa shape index (κ1) is 31.3. The van der Waals surface area contributed by atoms with Crippen molar-refractivity contribution in [3.8, 4) is 0 Å². The van der Waals surface area contributed by atoms with E-state index in [1.54, 1.807) is 85.8 Å².